The summed E-state index contributed by atoms with van der Waals surface area (Å²) in [5, 5.41) is 5.05. The number of halogens is 1. The number of amides is 1. The lowest BCUT2D eigenvalue weighted by molar-refractivity contribution is 0.0888. The smallest absolute Gasteiger partial charge is 0.316 e. The number of ether oxygens (including phenoxy) is 1. The van der Waals surface area contributed by atoms with Crippen molar-refractivity contribution in [2.45, 2.75) is 44.8 Å². The zero-order valence-corrected chi connectivity index (χ0v) is 13.6. The standard InChI is InChI=1S/C16H18FN3O2S/c1-10-6-14(23-9-10)15(21)20-12-2-4-13(5-3-12)22-16-18-7-11(17)8-19-16/h6-9,12-13H,2-5H2,1H3,(H,20,21). The Labute approximate surface area is 137 Å². The molecule has 1 saturated carbocycles. The SMILES string of the molecule is Cc1csc(C(=O)NC2CCC(Oc3ncc(F)cn3)CC2)c1. The van der Waals surface area contributed by atoms with Gasteiger partial charge in [-0.25, -0.2) is 14.4 Å². The molecular formula is C16H18FN3O2S. The minimum atomic E-state index is -0.479. The van der Waals surface area contributed by atoms with Gasteiger partial charge in [0.25, 0.3) is 5.91 Å². The van der Waals surface area contributed by atoms with Gasteiger partial charge >= 0.3 is 6.01 Å². The first-order chi connectivity index (χ1) is 11.1. The van der Waals surface area contributed by atoms with Crippen molar-refractivity contribution in [2.75, 3.05) is 0 Å². The lowest BCUT2D eigenvalue weighted by atomic mass is 9.93. The van der Waals surface area contributed by atoms with Gasteiger partial charge in [-0.05, 0) is 49.6 Å². The molecule has 0 unspecified atom stereocenters. The van der Waals surface area contributed by atoms with Crippen LogP contribution in [0.5, 0.6) is 6.01 Å². The maximum Gasteiger partial charge on any atom is 0.316 e. The van der Waals surface area contributed by atoms with Gasteiger partial charge < -0.3 is 10.1 Å². The van der Waals surface area contributed by atoms with Crippen molar-refractivity contribution >= 4 is 17.2 Å². The molecular weight excluding hydrogens is 317 g/mol. The van der Waals surface area contributed by atoms with E-state index in [1.54, 1.807) is 0 Å². The molecule has 5 nitrogen and oxygen atoms in total. The maximum atomic E-state index is 12.8. The number of nitrogens with one attached hydrogen (secondary N) is 1. The predicted molar refractivity (Wildman–Crippen MR) is 85.2 cm³/mol. The van der Waals surface area contributed by atoms with E-state index in [2.05, 4.69) is 15.3 Å². The van der Waals surface area contributed by atoms with Crippen molar-refractivity contribution in [2.24, 2.45) is 0 Å². The lowest BCUT2D eigenvalue weighted by Crippen LogP contribution is -2.39. The quantitative estimate of drug-likeness (QED) is 0.932. The monoisotopic (exact) mass is 335 g/mol. The predicted octanol–water partition coefficient (Wildman–Crippen LogP) is 3.11. The maximum absolute atomic E-state index is 12.8. The third-order valence-electron chi connectivity index (χ3n) is 3.83. The zero-order chi connectivity index (χ0) is 16.2. The molecule has 0 aliphatic heterocycles. The van der Waals surface area contributed by atoms with Gasteiger partial charge in [0.2, 0.25) is 0 Å². The first-order valence-corrected chi connectivity index (χ1v) is 8.48. The van der Waals surface area contributed by atoms with E-state index in [0.717, 1.165) is 48.5 Å². The normalized spacial score (nSPS) is 21.0. The third-order valence-corrected chi connectivity index (χ3v) is 4.88. The van der Waals surface area contributed by atoms with E-state index in [1.807, 2.05) is 18.4 Å². The number of aryl methyl sites for hydroxylation is 1. The summed E-state index contributed by atoms with van der Waals surface area (Å²) in [6.45, 7) is 1.98. The molecule has 2 aromatic heterocycles. The Balaban J connectivity index is 1.46. The number of hydrogen-bond donors (Lipinski definition) is 1. The molecule has 7 heteroatoms. The second kappa shape index (κ2) is 7.04. The van der Waals surface area contributed by atoms with Crippen LogP contribution in [-0.4, -0.2) is 28.0 Å². The molecule has 0 spiro atoms. The van der Waals surface area contributed by atoms with Crippen LogP contribution in [-0.2, 0) is 0 Å². The molecule has 0 bridgehead atoms. The van der Waals surface area contributed by atoms with Crippen LogP contribution in [0.1, 0.15) is 40.9 Å². The summed E-state index contributed by atoms with van der Waals surface area (Å²) in [4.78, 5) is 20.5. The van der Waals surface area contributed by atoms with Gasteiger partial charge in [-0.2, -0.15) is 0 Å². The van der Waals surface area contributed by atoms with E-state index < -0.39 is 5.82 Å². The zero-order valence-electron chi connectivity index (χ0n) is 12.8. The first kappa shape index (κ1) is 15.9. The molecule has 1 fully saturated rings. The summed E-state index contributed by atoms with van der Waals surface area (Å²) in [6, 6.07) is 2.27. The number of carbonyl (C=O) groups is 1. The summed E-state index contributed by atoms with van der Waals surface area (Å²) in [5.74, 6) is -0.484. The number of rotatable bonds is 4. The van der Waals surface area contributed by atoms with E-state index in [9.17, 15) is 9.18 Å². The molecule has 0 saturated heterocycles. The summed E-state index contributed by atoms with van der Waals surface area (Å²) in [5.41, 5.74) is 1.11. The van der Waals surface area contributed by atoms with Gasteiger partial charge in [0.15, 0.2) is 5.82 Å². The summed E-state index contributed by atoms with van der Waals surface area (Å²) in [7, 11) is 0. The molecule has 0 radical (unpaired) electrons. The molecule has 23 heavy (non-hydrogen) atoms. The van der Waals surface area contributed by atoms with Crippen LogP contribution in [0, 0.1) is 12.7 Å². The van der Waals surface area contributed by atoms with E-state index >= 15 is 0 Å². The number of hydrogen-bond acceptors (Lipinski definition) is 5. The van der Waals surface area contributed by atoms with Crippen molar-refractivity contribution < 1.29 is 13.9 Å². The van der Waals surface area contributed by atoms with Crippen LogP contribution in [0.15, 0.2) is 23.8 Å². The van der Waals surface area contributed by atoms with Crippen molar-refractivity contribution in [3.05, 3.63) is 40.1 Å². The number of nitrogens with zero attached hydrogens (tertiary/aromatic N) is 2. The van der Waals surface area contributed by atoms with Crippen molar-refractivity contribution in [3.63, 3.8) is 0 Å². The minimum absolute atomic E-state index is 0.00524. The van der Waals surface area contributed by atoms with Gasteiger partial charge in [-0.15, -0.1) is 11.3 Å². The highest BCUT2D eigenvalue weighted by atomic mass is 32.1. The van der Waals surface area contributed by atoms with E-state index in [0.29, 0.717) is 0 Å². The Morgan fingerprint density at radius 1 is 1.30 bits per heavy atom. The van der Waals surface area contributed by atoms with Crippen molar-refractivity contribution in [1.29, 1.82) is 0 Å². The van der Waals surface area contributed by atoms with Gasteiger partial charge in [-0.1, -0.05) is 0 Å². The molecule has 1 aliphatic carbocycles. The molecule has 122 valence electrons. The highest BCUT2D eigenvalue weighted by molar-refractivity contribution is 7.12. The average Bonchev–Trinajstić information content (AvgIpc) is 2.98. The summed E-state index contributed by atoms with van der Waals surface area (Å²) in [6.07, 6.45) is 5.53. The van der Waals surface area contributed by atoms with Crippen LogP contribution in [0.3, 0.4) is 0 Å². The molecule has 3 rings (SSSR count). The fraction of sp³-hybridized carbons (Fsp3) is 0.438. The van der Waals surface area contributed by atoms with Gasteiger partial charge in [0, 0.05) is 6.04 Å². The lowest BCUT2D eigenvalue weighted by Gasteiger charge is -2.28. The van der Waals surface area contributed by atoms with Gasteiger partial charge in [0.05, 0.1) is 17.3 Å². The molecule has 0 atom stereocenters. The number of aromatic nitrogens is 2. The summed E-state index contributed by atoms with van der Waals surface area (Å²) < 4.78 is 18.4. The Morgan fingerprint density at radius 2 is 2.00 bits per heavy atom. The Kier molecular flexibility index (Phi) is 4.85. The Morgan fingerprint density at radius 3 is 2.61 bits per heavy atom. The van der Waals surface area contributed by atoms with Crippen molar-refractivity contribution in [1.82, 2.24) is 15.3 Å². The molecule has 2 heterocycles. The van der Waals surface area contributed by atoms with Crippen LogP contribution in [0.4, 0.5) is 4.39 Å². The van der Waals surface area contributed by atoms with Crippen LogP contribution < -0.4 is 10.1 Å². The molecule has 1 N–H and O–H groups in total. The third kappa shape index (κ3) is 4.25. The van der Waals surface area contributed by atoms with E-state index in [1.165, 1.54) is 11.3 Å². The molecule has 1 aliphatic rings. The van der Waals surface area contributed by atoms with E-state index in [4.69, 9.17) is 4.74 Å². The highest BCUT2D eigenvalue weighted by Crippen LogP contribution is 2.23. The van der Waals surface area contributed by atoms with Gasteiger partial charge in [-0.3, -0.25) is 4.79 Å². The van der Waals surface area contributed by atoms with Crippen LogP contribution in [0.2, 0.25) is 0 Å². The summed E-state index contributed by atoms with van der Waals surface area (Å²) >= 11 is 1.47. The molecule has 1 amide bonds. The highest BCUT2D eigenvalue weighted by Gasteiger charge is 2.24. The van der Waals surface area contributed by atoms with Gasteiger partial charge in [0.1, 0.15) is 6.10 Å². The minimum Gasteiger partial charge on any atom is -0.460 e. The molecule has 2 aromatic rings. The van der Waals surface area contributed by atoms with Crippen LogP contribution in [0.25, 0.3) is 0 Å². The fourth-order valence-electron chi connectivity index (χ4n) is 2.64. The largest absolute Gasteiger partial charge is 0.460 e. The van der Waals surface area contributed by atoms with Crippen LogP contribution >= 0.6 is 11.3 Å². The van der Waals surface area contributed by atoms with Crippen molar-refractivity contribution in [3.8, 4) is 6.01 Å². The second-order valence-corrected chi connectivity index (χ2v) is 6.65. The fourth-order valence-corrected chi connectivity index (χ4v) is 3.44. The number of thiophene rings is 1. The Hall–Kier alpha value is -2.02. The first-order valence-electron chi connectivity index (χ1n) is 7.60. The number of carbonyl (C=O) groups excluding carboxylic acids is 1. The molecule has 0 aromatic carbocycles. The Bertz CT molecular complexity index is 666. The second-order valence-electron chi connectivity index (χ2n) is 5.74. The topological polar surface area (TPSA) is 64.1 Å². The average molecular weight is 335 g/mol. The van der Waals surface area contributed by atoms with E-state index in [-0.39, 0.29) is 24.1 Å².